The molecule has 8 bridgehead atoms. The van der Waals surface area contributed by atoms with Crippen LogP contribution in [-0.2, 0) is 25.7 Å². The van der Waals surface area contributed by atoms with Crippen LogP contribution in [0.1, 0.15) is 44.5 Å². The van der Waals surface area contributed by atoms with Gasteiger partial charge in [0.15, 0.2) is 0 Å². The summed E-state index contributed by atoms with van der Waals surface area (Å²) in [6, 6.07) is 23.4. The number of hydrogen-bond donors (Lipinski definition) is 0. The van der Waals surface area contributed by atoms with Crippen molar-refractivity contribution in [1.82, 2.24) is 0 Å². The van der Waals surface area contributed by atoms with Gasteiger partial charge in [-0.1, -0.05) is 70.5 Å². The lowest BCUT2D eigenvalue weighted by Crippen LogP contribution is -2.06. The molecule has 1 aliphatic rings. The molecule has 0 saturated heterocycles. The van der Waals surface area contributed by atoms with E-state index in [1.54, 1.807) is 28.4 Å². The molecule has 0 N–H and O–H groups in total. The molecule has 0 saturated carbocycles. The number of halogens is 1. The molecule has 0 amide bonds. The Labute approximate surface area is 227 Å². The first-order valence-electron chi connectivity index (χ1n) is 12.4. The zero-order chi connectivity index (χ0) is 25.9. The molecule has 0 heterocycles. The second-order valence-corrected chi connectivity index (χ2v) is 10.2. The minimum atomic E-state index is 0.682. The maximum atomic E-state index is 6.01. The normalized spacial score (nSPS) is 12.6. The predicted molar refractivity (Wildman–Crippen MR) is 151 cm³/mol. The maximum absolute atomic E-state index is 6.01. The van der Waals surface area contributed by atoms with E-state index in [4.69, 9.17) is 18.9 Å². The molecule has 0 aliphatic heterocycles. The Morgan fingerprint density at radius 1 is 0.432 bits per heavy atom. The standard InChI is InChI=1S/C32H31BrO4/c1-34-29-20-8-5-9-21(29)15-23-11-7-13-25(31(23)36-3)17-27-19-28(33)18-26(32(27)37-4)16-24-12-6-10-22(14-20)30(24)35-2/h5-13,18-19H,14-17H2,1-4H3. The molecule has 0 atom stereocenters. The number of methoxy groups -OCH3 is 4. The number of para-hydroxylation sites is 3. The van der Waals surface area contributed by atoms with Gasteiger partial charge < -0.3 is 18.9 Å². The second-order valence-electron chi connectivity index (χ2n) is 9.29. The van der Waals surface area contributed by atoms with Crippen molar-refractivity contribution >= 4 is 15.9 Å². The van der Waals surface area contributed by atoms with Crippen LogP contribution in [0, 0.1) is 0 Å². The minimum absolute atomic E-state index is 0.682. The van der Waals surface area contributed by atoms with Crippen LogP contribution in [0.2, 0.25) is 0 Å². The first-order chi connectivity index (χ1) is 18.1. The van der Waals surface area contributed by atoms with Gasteiger partial charge in [0.25, 0.3) is 0 Å². The average Bonchev–Trinajstić information content (AvgIpc) is 2.89. The molecule has 4 aromatic carbocycles. The van der Waals surface area contributed by atoms with E-state index < -0.39 is 0 Å². The van der Waals surface area contributed by atoms with Crippen LogP contribution in [0.5, 0.6) is 23.0 Å². The molecule has 0 aromatic heterocycles. The highest BCUT2D eigenvalue weighted by atomic mass is 79.9. The lowest BCUT2D eigenvalue weighted by atomic mass is 9.91. The van der Waals surface area contributed by atoms with E-state index in [-0.39, 0.29) is 0 Å². The molecule has 190 valence electrons. The SMILES string of the molecule is COc1c2cccc1Cc1cccc(c1OC)Cc1cc(Br)cc(c1OC)Cc1cccc(c1OC)C2. The fourth-order valence-electron chi connectivity index (χ4n) is 5.59. The molecule has 5 heteroatoms. The highest BCUT2D eigenvalue weighted by Crippen LogP contribution is 2.39. The van der Waals surface area contributed by atoms with Gasteiger partial charge in [0.05, 0.1) is 28.4 Å². The van der Waals surface area contributed by atoms with E-state index >= 15 is 0 Å². The van der Waals surface area contributed by atoms with Crippen molar-refractivity contribution in [3.05, 3.63) is 116 Å². The third kappa shape index (κ3) is 4.93. The van der Waals surface area contributed by atoms with E-state index in [2.05, 4.69) is 82.7 Å². The summed E-state index contributed by atoms with van der Waals surface area (Å²) in [4.78, 5) is 0. The van der Waals surface area contributed by atoms with Gasteiger partial charge in [0.1, 0.15) is 23.0 Å². The number of ether oxygens (including phenoxy) is 4. The Morgan fingerprint density at radius 3 is 0.946 bits per heavy atom. The summed E-state index contributed by atoms with van der Waals surface area (Å²) >= 11 is 3.74. The lowest BCUT2D eigenvalue weighted by Gasteiger charge is -2.21. The fourth-order valence-corrected chi connectivity index (χ4v) is 6.15. The van der Waals surface area contributed by atoms with Crippen LogP contribution in [0.3, 0.4) is 0 Å². The minimum Gasteiger partial charge on any atom is -0.496 e. The van der Waals surface area contributed by atoms with E-state index in [0.29, 0.717) is 25.7 Å². The Hall–Kier alpha value is -3.44. The monoisotopic (exact) mass is 558 g/mol. The van der Waals surface area contributed by atoms with Gasteiger partial charge in [-0.25, -0.2) is 0 Å². The van der Waals surface area contributed by atoms with Gasteiger partial charge in [0.2, 0.25) is 0 Å². The van der Waals surface area contributed by atoms with E-state index in [9.17, 15) is 0 Å². The summed E-state index contributed by atoms with van der Waals surface area (Å²) in [5, 5.41) is 0. The van der Waals surface area contributed by atoms with Gasteiger partial charge >= 0.3 is 0 Å². The zero-order valence-electron chi connectivity index (χ0n) is 21.7. The summed E-state index contributed by atoms with van der Waals surface area (Å²) in [6.07, 6.45) is 2.76. The number of hydrogen-bond acceptors (Lipinski definition) is 4. The smallest absolute Gasteiger partial charge is 0.125 e. The summed E-state index contributed by atoms with van der Waals surface area (Å²) in [7, 11) is 6.99. The Bertz CT molecular complexity index is 1340. The Morgan fingerprint density at radius 2 is 0.676 bits per heavy atom. The van der Waals surface area contributed by atoms with Crippen LogP contribution in [0.25, 0.3) is 0 Å². The molecule has 4 nitrogen and oxygen atoms in total. The summed E-state index contributed by atoms with van der Waals surface area (Å²) in [5.74, 6) is 3.60. The molecule has 0 spiro atoms. The van der Waals surface area contributed by atoms with Crippen LogP contribution in [0.15, 0.2) is 71.2 Å². The molecular weight excluding hydrogens is 528 g/mol. The Balaban J connectivity index is 1.78. The molecule has 1 aliphatic carbocycles. The van der Waals surface area contributed by atoms with Crippen LogP contribution in [0.4, 0.5) is 0 Å². The number of fused-ring (bicyclic) bond motifs is 8. The third-order valence-electron chi connectivity index (χ3n) is 7.08. The first-order valence-corrected chi connectivity index (χ1v) is 13.1. The summed E-state index contributed by atoms with van der Waals surface area (Å²) in [6.45, 7) is 0. The highest BCUT2D eigenvalue weighted by Gasteiger charge is 2.20. The summed E-state index contributed by atoms with van der Waals surface area (Å²) < 4.78 is 25.0. The van der Waals surface area contributed by atoms with Gasteiger partial charge in [-0.3, -0.25) is 0 Å². The topological polar surface area (TPSA) is 36.9 Å². The van der Waals surface area contributed by atoms with Gasteiger partial charge in [0, 0.05) is 41.3 Å². The van der Waals surface area contributed by atoms with Crippen LogP contribution < -0.4 is 18.9 Å². The fraction of sp³-hybridized carbons (Fsp3) is 0.250. The second kappa shape index (κ2) is 10.9. The van der Waals surface area contributed by atoms with Crippen molar-refractivity contribution in [3.63, 3.8) is 0 Å². The number of rotatable bonds is 4. The molecule has 5 rings (SSSR count). The number of benzene rings is 4. The van der Waals surface area contributed by atoms with E-state index in [1.807, 2.05) is 0 Å². The Kier molecular flexibility index (Phi) is 7.43. The van der Waals surface area contributed by atoms with E-state index in [1.165, 1.54) is 0 Å². The van der Waals surface area contributed by atoms with Gasteiger partial charge in [-0.2, -0.15) is 0 Å². The van der Waals surface area contributed by atoms with Crippen molar-refractivity contribution in [2.75, 3.05) is 28.4 Å². The summed E-state index contributed by atoms with van der Waals surface area (Å²) in [5.41, 5.74) is 8.93. The van der Waals surface area contributed by atoms with Crippen molar-refractivity contribution < 1.29 is 18.9 Å². The van der Waals surface area contributed by atoms with Crippen LogP contribution in [-0.4, -0.2) is 28.4 Å². The predicted octanol–water partition coefficient (Wildman–Crippen LogP) is 7.16. The highest BCUT2D eigenvalue weighted by molar-refractivity contribution is 9.10. The van der Waals surface area contributed by atoms with E-state index in [0.717, 1.165) is 72.0 Å². The molecule has 37 heavy (non-hydrogen) atoms. The van der Waals surface area contributed by atoms with Gasteiger partial charge in [-0.05, 0) is 45.5 Å². The van der Waals surface area contributed by atoms with Gasteiger partial charge in [-0.15, -0.1) is 0 Å². The van der Waals surface area contributed by atoms with Crippen molar-refractivity contribution in [2.24, 2.45) is 0 Å². The van der Waals surface area contributed by atoms with Crippen molar-refractivity contribution in [1.29, 1.82) is 0 Å². The first kappa shape index (κ1) is 25.2. The average molecular weight is 560 g/mol. The molecule has 4 aromatic rings. The van der Waals surface area contributed by atoms with Crippen LogP contribution >= 0.6 is 15.9 Å². The van der Waals surface area contributed by atoms with Crippen molar-refractivity contribution in [2.45, 2.75) is 25.7 Å². The third-order valence-corrected chi connectivity index (χ3v) is 7.54. The zero-order valence-corrected chi connectivity index (χ0v) is 23.3. The van der Waals surface area contributed by atoms with Crippen molar-refractivity contribution in [3.8, 4) is 23.0 Å². The maximum Gasteiger partial charge on any atom is 0.125 e. The molecule has 0 unspecified atom stereocenters. The lowest BCUT2D eigenvalue weighted by molar-refractivity contribution is 0.395. The largest absolute Gasteiger partial charge is 0.496 e. The molecule has 0 fully saturated rings. The quantitative estimate of drug-likeness (QED) is 0.234. The molecular formula is C32H31BrO4. The molecule has 0 radical (unpaired) electrons.